The van der Waals surface area contributed by atoms with Crippen LogP contribution in [0.5, 0.6) is 0 Å². The van der Waals surface area contributed by atoms with E-state index in [1.54, 1.807) is 12.3 Å². The Morgan fingerprint density at radius 3 is 2.44 bits per heavy atom. The molecule has 1 aromatic carbocycles. The summed E-state index contributed by atoms with van der Waals surface area (Å²) in [6.45, 7) is 8.90. The molecule has 0 amide bonds. The number of benzene rings is 1. The zero-order valence-electron chi connectivity index (χ0n) is 18.7. The molecule has 0 spiro atoms. The lowest BCUT2D eigenvalue weighted by atomic mass is 9.97. The minimum absolute atomic E-state index is 0.212. The van der Waals surface area contributed by atoms with E-state index in [1.165, 1.54) is 13.0 Å². The molecule has 0 unspecified atom stereocenters. The SMILES string of the molecule is Cc1c([C@@H](C)Nc2nnc(C)c3cnc(N4CCN(C)CC4)cc23)cccc1C(F)(F)F. The second kappa shape index (κ2) is 8.54. The fraction of sp³-hybridized carbons (Fsp3) is 0.435. The Morgan fingerprint density at radius 1 is 1.03 bits per heavy atom. The van der Waals surface area contributed by atoms with Crippen molar-refractivity contribution in [1.29, 1.82) is 0 Å². The summed E-state index contributed by atoms with van der Waals surface area (Å²) >= 11 is 0. The molecule has 170 valence electrons. The Bertz CT molecular complexity index is 1120. The number of rotatable bonds is 4. The van der Waals surface area contributed by atoms with E-state index >= 15 is 0 Å². The monoisotopic (exact) mass is 444 g/mol. The van der Waals surface area contributed by atoms with Crippen LogP contribution in [0.25, 0.3) is 10.8 Å². The Morgan fingerprint density at radius 2 is 1.75 bits per heavy atom. The third-order valence-electron chi connectivity index (χ3n) is 6.16. The van der Waals surface area contributed by atoms with E-state index in [9.17, 15) is 13.2 Å². The van der Waals surface area contributed by atoms with Crippen molar-refractivity contribution in [3.63, 3.8) is 0 Å². The first-order chi connectivity index (χ1) is 15.1. The van der Waals surface area contributed by atoms with Gasteiger partial charge >= 0.3 is 6.18 Å². The van der Waals surface area contributed by atoms with Gasteiger partial charge in [-0.25, -0.2) is 4.98 Å². The van der Waals surface area contributed by atoms with Crippen molar-refractivity contribution in [3.05, 3.63) is 52.8 Å². The second-order valence-corrected chi connectivity index (χ2v) is 8.40. The standard InChI is InChI=1S/C23H27F3N6/c1-14-17(6-5-7-20(14)23(24,25)26)15(2)28-22-18-12-21(32-10-8-31(4)9-11-32)27-13-19(18)16(3)29-30-22/h5-7,12-13,15H,8-11H2,1-4H3,(H,28,30)/t15-/m1/s1. The van der Waals surface area contributed by atoms with Gasteiger partial charge in [0.25, 0.3) is 0 Å². The highest BCUT2D eigenvalue weighted by Gasteiger charge is 2.33. The Labute approximate surface area is 185 Å². The number of aryl methyl sites for hydroxylation is 1. The number of aromatic nitrogens is 3. The van der Waals surface area contributed by atoms with Gasteiger partial charge in [0.1, 0.15) is 5.82 Å². The minimum atomic E-state index is -4.39. The summed E-state index contributed by atoms with van der Waals surface area (Å²) < 4.78 is 40.1. The molecule has 1 aliphatic rings. The number of nitrogens with zero attached hydrogens (tertiary/aromatic N) is 5. The smallest absolute Gasteiger partial charge is 0.362 e. The summed E-state index contributed by atoms with van der Waals surface area (Å²) in [5.74, 6) is 1.40. The molecule has 3 aromatic rings. The predicted molar refractivity (Wildman–Crippen MR) is 120 cm³/mol. The summed E-state index contributed by atoms with van der Waals surface area (Å²) in [6.07, 6.45) is -2.59. The Balaban J connectivity index is 1.69. The maximum absolute atomic E-state index is 13.4. The van der Waals surface area contributed by atoms with E-state index < -0.39 is 17.8 Å². The van der Waals surface area contributed by atoms with Crippen LogP contribution >= 0.6 is 0 Å². The lowest BCUT2D eigenvalue weighted by Gasteiger charge is -2.33. The normalized spacial score (nSPS) is 16.4. The number of hydrogen-bond donors (Lipinski definition) is 1. The van der Waals surface area contributed by atoms with Gasteiger partial charge < -0.3 is 15.1 Å². The lowest BCUT2D eigenvalue weighted by molar-refractivity contribution is -0.138. The van der Waals surface area contributed by atoms with E-state index in [0.717, 1.165) is 54.5 Å². The van der Waals surface area contributed by atoms with Crippen LogP contribution in [0, 0.1) is 13.8 Å². The van der Waals surface area contributed by atoms with Crippen LogP contribution in [0.2, 0.25) is 0 Å². The van der Waals surface area contributed by atoms with Gasteiger partial charge in [-0.3, -0.25) is 0 Å². The molecule has 9 heteroatoms. The van der Waals surface area contributed by atoms with Crippen molar-refractivity contribution in [2.75, 3.05) is 43.4 Å². The van der Waals surface area contributed by atoms with Gasteiger partial charge in [-0.05, 0) is 51.1 Å². The molecule has 6 nitrogen and oxygen atoms in total. The summed E-state index contributed by atoms with van der Waals surface area (Å²) in [4.78, 5) is 9.15. The molecule has 1 fully saturated rings. The molecule has 2 aromatic heterocycles. The molecule has 0 saturated carbocycles. The number of hydrogen-bond acceptors (Lipinski definition) is 6. The molecule has 32 heavy (non-hydrogen) atoms. The van der Waals surface area contributed by atoms with Crippen molar-refractivity contribution in [3.8, 4) is 0 Å². The quantitative estimate of drug-likeness (QED) is 0.636. The third-order valence-corrected chi connectivity index (χ3v) is 6.16. The van der Waals surface area contributed by atoms with Gasteiger partial charge in [0.15, 0.2) is 5.82 Å². The van der Waals surface area contributed by atoms with E-state index in [-0.39, 0.29) is 5.56 Å². The van der Waals surface area contributed by atoms with E-state index in [4.69, 9.17) is 0 Å². The summed E-state index contributed by atoms with van der Waals surface area (Å²) in [5, 5.41) is 13.6. The van der Waals surface area contributed by atoms with Gasteiger partial charge in [0, 0.05) is 43.1 Å². The highest BCUT2D eigenvalue weighted by Crippen LogP contribution is 2.36. The zero-order chi connectivity index (χ0) is 23.0. The maximum atomic E-state index is 13.4. The average Bonchev–Trinajstić information content (AvgIpc) is 2.75. The largest absolute Gasteiger partial charge is 0.416 e. The summed E-state index contributed by atoms with van der Waals surface area (Å²) in [7, 11) is 2.10. The number of nitrogens with one attached hydrogen (secondary N) is 1. The van der Waals surface area contributed by atoms with Crippen LogP contribution in [0.15, 0.2) is 30.5 Å². The van der Waals surface area contributed by atoms with Crippen molar-refractivity contribution < 1.29 is 13.2 Å². The highest BCUT2D eigenvalue weighted by molar-refractivity contribution is 5.94. The van der Waals surface area contributed by atoms with E-state index in [2.05, 4.69) is 37.3 Å². The van der Waals surface area contributed by atoms with Crippen LogP contribution in [0.4, 0.5) is 24.8 Å². The van der Waals surface area contributed by atoms with Crippen LogP contribution in [0.3, 0.4) is 0 Å². The summed E-state index contributed by atoms with van der Waals surface area (Å²) in [5.41, 5.74) is 0.920. The number of alkyl halides is 3. The molecular formula is C23H27F3N6. The maximum Gasteiger partial charge on any atom is 0.416 e. The fourth-order valence-electron chi connectivity index (χ4n) is 4.19. The number of anilines is 2. The van der Waals surface area contributed by atoms with Crippen LogP contribution in [-0.2, 0) is 6.18 Å². The Kier molecular flexibility index (Phi) is 5.94. The molecule has 4 rings (SSSR count). The first kappa shape index (κ1) is 22.3. The lowest BCUT2D eigenvalue weighted by Crippen LogP contribution is -2.44. The molecule has 0 aliphatic carbocycles. The molecular weight excluding hydrogens is 417 g/mol. The number of piperazine rings is 1. The number of likely N-dealkylation sites (N-methyl/N-ethyl adjacent to an activating group) is 1. The van der Waals surface area contributed by atoms with Gasteiger partial charge in [-0.15, -0.1) is 5.10 Å². The van der Waals surface area contributed by atoms with E-state index in [0.29, 0.717) is 11.4 Å². The molecule has 1 aliphatic heterocycles. The molecule has 0 radical (unpaired) electrons. The topological polar surface area (TPSA) is 57.2 Å². The van der Waals surface area contributed by atoms with Crippen molar-refractivity contribution in [2.24, 2.45) is 0 Å². The zero-order valence-corrected chi connectivity index (χ0v) is 18.7. The third kappa shape index (κ3) is 4.34. The first-order valence-electron chi connectivity index (χ1n) is 10.6. The van der Waals surface area contributed by atoms with Crippen LogP contribution < -0.4 is 10.2 Å². The summed E-state index contributed by atoms with van der Waals surface area (Å²) in [6, 6.07) is 5.87. The molecule has 1 saturated heterocycles. The molecule has 3 heterocycles. The Hall–Kier alpha value is -2.94. The number of pyridine rings is 1. The second-order valence-electron chi connectivity index (χ2n) is 8.40. The van der Waals surface area contributed by atoms with Crippen molar-refractivity contribution >= 4 is 22.4 Å². The van der Waals surface area contributed by atoms with Crippen LogP contribution in [-0.4, -0.2) is 53.3 Å². The molecule has 1 N–H and O–H groups in total. The van der Waals surface area contributed by atoms with Gasteiger partial charge in [-0.1, -0.05) is 12.1 Å². The first-order valence-corrected chi connectivity index (χ1v) is 10.6. The highest BCUT2D eigenvalue weighted by atomic mass is 19.4. The number of halogens is 3. The van der Waals surface area contributed by atoms with Gasteiger partial charge in [-0.2, -0.15) is 18.3 Å². The van der Waals surface area contributed by atoms with Gasteiger partial charge in [0.05, 0.1) is 17.3 Å². The number of fused-ring (bicyclic) bond motifs is 1. The predicted octanol–water partition coefficient (Wildman–Crippen LogP) is 4.59. The molecule has 0 bridgehead atoms. The fourth-order valence-corrected chi connectivity index (χ4v) is 4.19. The average molecular weight is 445 g/mol. The van der Waals surface area contributed by atoms with Crippen molar-refractivity contribution in [2.45, 2.75) is 33.0 Å². The van der Waals surface area contributed by atoms with Gasteiger partial charge in [0.2, 0.25) is 0 Å². The van der Waals surface area contributed by atoms with Crippen LogP contribution in [0.1, 0.15) is 35.3 Å². The van der Waals surface area contributed by atoms with E-state index in [1.807, 2.05) is 19.9 Å². The molecule has 1 atom stereocenters. The minimum Gasteiger partial charge on any atom is -0.362 e. The van der Waals surface area contributed by atoms with Crippen molar-refractivity contribution in [1.82, 2.24) is 20.1 Å².